The number of aromatic nitrogens is 6. The molecule has 4 aromatic rings. The summed E-state index contributed by atoms with van der Waals surface area (Å²) in [4.78, 5) is 11.4. The van der Waals surface area contributed by atoms with Crippen LogP contribution in [-0.4, -0.2) is 66.0 Å². The summed E-state index contributed by atoms with van der Waals surface area (Å²) in [5, 5.41) is 22.1. The van der Waals surface area contributed by atoms with Gasteiger partial charge in [-0.15, -0.1) is 17.5 Å². The van der Waals surface area contributed by atoms with Crippen molar-refractivity contribution >= 4 is 18.1 Å². The van der Waals surface area contributed by atoms with Crippen LogP contribution in [0.1, 0.15) is 44.0 Å². The molecule has 11 heteroatoms. The van der Waals surface area contributed by atoms with Gasteiger partial charge in [-0.3, -0.25) is 14.3 Å². The first kappa shape index (κ1) is 26.5. The van der Waals surface area contributed by atoms with Gasteiger partial charge in [-0.2, -0.15) is 5.26 Å². The summed E-state index contributed by atoms with van der Waals surface area (Å²) in [6.45, 7) is 13.2. The number of ether oxygens (including phenoxy) is 1. The van der Waals surface area contributed by atoms with E-state index in [0.29, 0.717) is 17.2 Å². The third-order valence-corrected chi connectivity index (χ3v) is 6.86. The van der Waals surface area contributed by atoms with Gasteiger partial charge in [0.05, 0.1) is 24.1 Å². The lowest BCUT2D eigenvalue weighted by Crippen LogP contribution is -2.55. The molecule has 0 amide bonds. The van der Waals surface area contributed by atoms with E-state index in [-0.39, 0.29) is 24.0 Å². The van der Waals surface area contributed by atoms with E-state index >= 15 is 0 Å². The highest BCUT2D eigenvalue weighted by atomic mass is 35.5. The summed E-state index contributed by atoms with van der Waals surface area (Å²) in [6.07, 6.45) is 2.97. The number of hydrogen-bond acceptors (Lipinski definition) is 8. The number of rotatable bonds is 7. The lowest BCUT2D eigenvalue weighted by molar-refractivity contribution is 0.0834. The zero-order chi connectivity index (χ0) is 25.3. The fourth-order valence-corrected chi connectivity index (χ4v) is 4.75. The SMILES string of the molecule is Cc1c(-c2cc(O[C@H](C)c3ccccn3)n3c(C#N)cnc3c2)nnn1CC(C)(C)N1CCNCC1.Cl. The summed E-state index contributed by atoms with van der Waals surface area (Å²) in [5.74, 6) is 0.504. The second-order valence-corrected chi connectivity index (χ2v) is 9.78. The monoisotopic (exact) mass is 521 g/mol. The predicted molar refractivity (Wildman–Crippen MR) is 143 cm³/mol. The van der Waals surface area contributed by atoms with Gasteiger partial charge < -0.3 is 10.1 Å². The Bertz CT molecular complexity index is 1400. The minimum absolute atomic E-state index is 0. The molecule has 0 saturated carbocycles. The van der Waals surface area contributed by atoms with E-state index in [0.717, 1.165) is 55.4 Å². The van der Waals surface area contributed by atoms with Crippen LogP contribution in [0.25, 0.3) is 16.9 Å². The van der Waals surface area contributed by atoms with Gasteiger partial charge in [0.25, 0.3) is 0 Å². The number of nitriles is 1. The standard InChI is InChI=1S/C26H31N9O.ClH/c1-18-25(31-32-34(18)17-26(3,4)33-11-9-28-10-12-33)20-13-23-30-16-21(15-27)35(23)24(14-20)36-19(2)22-7-5-6-8-29-22;/h5-8,13-14,16,19,28H,9-12,17H2,1-4H3;1H/t19-;/m1./s1. The van der Waals surface area contributed by atoms with Gasteiger partial charge in [0, 0.05) is 49.5 Å². The number of nitrogens with one attached hydrogen (secondary N) is 1. The summed E-state index contributed by atoms with van der Waals surface area (Å²) in [7, 11) is 0. The fourth-order valence-electron chi connectivity index (χ4n) is 4.75. The Balaban J connectivity index is 0.00000320. The van der Waals surface area contributed by atoms with E-state index in [2.05, 4.69) is 50.4 Å². The zero-order valence-electron chi connectivity index (χ0n) is 21.5. The van der Waals surface area contributed by atoms with Gasteiger partial charge in [0.2, 0.25) is 5.88 Å². The number of piperazine rings is 1. The molecule has 0 bridgehead atoms. The van der Waals surface area contributed by atoms with Crippen molar-refractivity contribution in [2.45, 2.75) is 45.9 Å². The van der Waals surface area contributed by atoms with Crippen LogP contribution >= 0.6 is 12.4 Å². The molecule has 0 unspecified atom stereocenters. The van der Waals surface area contributed by atoms with Crippen LogP contribution in [0.15, 0.2) is 42.7 Å². The second-order valence-electron chi connectivity index (χ2n) is 9.78. The van der Waals surface area contributed by atoms with Gasteiger partial charge in [0.1, 0.15) is 29.2 Å². The Morgan fingerprint density at radius 2 is 1.97 bits per heavy atom. The Kier molecular flexibility index (Phi) is 7.78. The molecule has 1 atom stereocenters. The third kappa shape index (κ3) is 5.30. The highest BCUT2D eigenvalue weighted by molar-refractivity contribution is 5.85. The van der Waals surface area contributed by atoms with E-state index in [9.17, 15) is 5.26 Å². The van der Waals surface area contributed by atoms with Crippen molar-refractivity contribution in [1.29, 1.82) is 5.26 Å². The minimum atomic E-state index is -0.324. The van der Waals surface area contributed by atoms with Crippen molar-refractivity contribution < 1.29 is 4.74 Å². The zero-order valence-corrected chi connectivity index (χ0v) is 22.4. The van der Waals surface area contributed by atoms with E-state index < -0.39 is 0 Å². The van der Waals surface area contributed by atoms with Crippen LogP contribution in [0.2, 0.25) is 0 Å². The number of fused-ring (bicyclic) bond motifs is 1. The maximum atomic E-state index is 9.64. The second kappa shape index (κ2) is 10.8. The third-order valence-electron chi connectivity index (χ3n) is 6.86. The Labute approximate surface area is 222 Å². The molecule has 1 saturated heterocycles. The average Bonchev–Trinajstić information content (AvgIpc) is 3.48. The minimum Gasteiger partial charge on any atom is -0.469 e. The van der Waals surface area contributed by atoms with Crippen LogP contribution in [0.5, 0.6) is 5.88 Å². The summed E-state index contributed by atoms with van der Waals surface area (Å²) in [6, 6.07) is 11.7. The molecule has 0 aromatic carbocycles. The molecule has 0 aliphatic carbocycles. The number of imidazole rings is 1. The molecule has 0 spiro atoms. The first-order valence-corrected chi connectivity index (χ1v) is 12.2. The molecule has 10 nitrogen and oxygen atoms in total. The van der Waals surface area contributed by atoms with E-state index in [1.54, 1.807) is 16.8 Å². The highest BCUT2D eigenvalue weighted by Crippen LogP contribution is 2.31. The Hall–Kier alpha value is -3.52. The number of nitrogens with zero attached hydrogens (tertiary/aromatic N) is 8. The molecule has 1 aliphatic rings. The van der Waals surface area contributed by atoms with Crippen LogP contribution in [0.3, 0.4) is 0 Å². The lowest BCUT2D eigenvalue weighted by atomic mass is 10.0. The van der Waals surface area contributed by atoms with Crippen LogP contribution in [-0.2, 0) is 6.54 Å². The van der Waals surface area contributed by atoms with Crippen molar-refractivity contribution in [2.75, 3.05) is 26.2 Å². The summed E-state index contributed by atoms with van der Waals surface area (Å²) < 4.78 is 10.0. The number of halogens is 1. The van der Waals surface area contributed by atoms with Gasteiger partial charge in [-0.05, 0) is 45.9 Å². The summed E-state index contributed by atoms with van der Waals surface area (Å²) in [5.41, 5.74) is 4.33. The van der Waals surface area contributed by atoms with Gasteiger partial charge in [-0.1, -0.05) is 11.3 Å². The first-order valence-electron chi connectivity index (χ1n) is 12.2. The normalized spacial score (nSPS) is 15.2. The molecule has 4 aromatic heterocycles. The van der Waals surface area contributed by atoms with E-state index in [1.165, 1.54) is 0 Å². The molecule has 0 radical (unpaired) electrons. The quantitative estimate of drug-likeness (QED) is 0.394. The van der Waals surface area contributed by atoms with Crippen molar-refractivity contribution in [3.05, 3.63) is 59.8 Å². The molecular weight excluding hydrogens is 490 g/mol. The number of hydrogen-bond donors (Lipinski definition) is 1. The molecule has 37 heavy (non-hydrogen) atoms. The molecule has 5 heterocycles. The van der Waals surface area contributed by atoms with Crippen LogP contribution in [0.4, 0.5) is 0 Å². The molecule has 1 aliphatic heterocycles. The van der Waals surface area contributed by atoms with Crippen molar-refractivity contribution in [3.8, 4) is 23.2 Å². The van der Waals surface area contributed by atoms with Crippen molar-refractivity contribution in [2.24, 2.45) is 0 Å². The largest absolute Gasteiger partial charge is 0.469 e. The van der Waals surface area contributed by atoms with Crippen molar-refractivity contribution in [3.63, 3.8) is 0 Å². The maximum Gasteiger partial charge on any atom is 0.201 e. The highest BCUT2D eigenvalue weighted by Gasteiger charge is 2.30. The molecule has 1 N–H and O–H groups in total. The fraction of sp³-hybridized carbons (Fsp3) is 0.423. The smallest absolute Gasteiger partial charge is 0.201 e. The Morgan fingerprint density at radius 1 is 1.19 bits per heavy atom. The molecule has 194 valence electrons. The molecule has 1 fully saturated rings. The average molecular weight is 522 g/mol. The maximum absolute atomic E-state index is 9.64. The predicted octanol–water partition coefficient (Wildman–Crippen LogP) is 3.41. The van der Waals surface area contributed by atoms with Crippen LogP contribution in [0, 0.1) is 18.3 Å². The Morgan fingerprint density at radius 3 is 2.68 bits per heavy atom. The van der Waals surface area contributed by atoms with E-state index in [1.807, 2.05) is 48.9 Å². The molecular formula is C26H32ClN9O. The summed E-state index contributed by atoms with van der Waals surface area (Å²) >= 11 is 0. The topological polar surface area (TPSA) is 109 Å². The van der Waals surface area contributed by atoms with Gasteiger partial charge in [-0.25, -0.2) is 9.67 Å². The number of pyridine rings is 2. The van der Waals surface area contributed by atoms with Gasteiger partial charge in [0.15, 0.2) is 0 Å². The van der Waals surface area contributed by atoms with E-state index in [4.69, 9.17) is 4.74 Å². The first-order chi connectivity index (χ1) is 17.4. The lowest BCUT2D eigenvalue weighted by Gasteiger charge is -2.41. The van der Waals surface area contributed by atoms with Gasteiger partial charge >= 0.3 is 0 Å². The van der Waals surface area contributed by atoms with Crippen LogP contribution < -0.4 is 10.1 Å². The molecule has 5 rings (SSSR count). The van der Waals surface area contributed by atoms with Crippen molar-refractivity contribution in [1.82, 2.24) is 39.6 Å².